The molecule has 0 radical (unpaired) electrons. The van der Waals surface area contributed by atoms with E-state index in [2.05, 4.69) is 10.3 Å². The molecule has 2 heterocycles. The first-order valence-corrected chi connectivity index (χ1v) is 8.33. The summed E-state index contributed by atoms with van der Waals surface area (Å²) in [5.41, 5.74) is 2.76. The van der Waals surface area contributed by atoms with Gasteiger partial charge in [-0.2, -0.15) is 0 Å². The Hall–Kier alpha value is -2.50. The van der Waals surface area contributed by atoms with Gasteiger partial charge in [0.15, 0.2) is 0 Å². The molecule has 1 amide bonds. The highest BCUT2D eigenvalue weighted by Gasteiger charge is 2.30. The number of pyridine rings is 1. The summed E-state index contributed by atoms with van der Waals surface area (Å²) in [7, 11) is 0. The molecular formula is C19H21F2N3O. The lowest BCUT2D eigenvalue weighted by Crippen LogP contribution is -2.52. The second-order valence-corrected chi connectivity index (χ2v) is 6.42. The largest absolute Gasteiger partial charge is 0.368 e. The monoisotopic (exact) mass is 345 g/mol. The molecule has 1 aromatic carbocycles. The van der Waals surface area contributed by atoms with Crippen LogP contribution in [0.1, 0.15) is 18.9 Å². The van der Waals surface area contributed by atoms with E-state index in [1.54, 1.807) is 19.2 Å². The number of carbonyl (C=O) groups is 1. The van der Waals surface area contributed by atoms with E-state index in [1.807, 2.05) is 23.1 Å². The zero-order valence-electron chi connectivity index (χ0n) is 14.3. The minimum absolute atomic E-state index is 0.205. The number of aromatic nitrogens is 1. The van der Waals surface area contributed by atoms with Crippen molar-refractivity contribution in [3.63, 3.8) is 0 Å². The quantitative estimate of drug-likeness (QED) is 0.929. The maximum absolute atomic E-state index is 14.3. The Balaban J connectivity index is 1.78. The average molecular weight is 345 g/mol. The first-order valence-electron chi connectivity index (χ1n) is 8.33. The van der Waals surface area contributed by atoms with E-state index in [0.717, 1.165) is 5.69 Å². The van der Waals surface area contributed by atoms with E-state index in [4.69, 9.17) is 0 Å². The third-order valence-corrected chi connectivity index (χ3v) is 4.51. The van der Waals surface area contributed by atoms with Gasteiger partial charge >= 0.3 is 0 Å². The molecular weight excluding hydrogens is 324 g/mol. The molecule has 1 aliphatic rings. The van der Waals surface area contributed by atoms with Crippen molar-refractivity contribution in [2.45, 2.75) is 32.5 Å². The van der Waals surface area contributed by atoms with Gasteiger partial charge in [0, 0.05) is 30.9 Å². The van der Waals surface area contributed by atoms with Gasteiger partial charge in [-0.3, -0.25) is 9.78 Å². The molecule has 4 nitrogen and oxygen atoms in total. The Bertz CT molecular complexity index is 781. The van der Waals surface area contributed by atoms with Crippen LogP contribution in [0.25, 0.3) is 11.3 Å². The molecule has 2 aromatic rings. The predicted molar refractivity (Wildman–Crippen MR) is 93.7 cm³/mol. The number of carbonyl (C=O) groups excluding carboxylic acids is 1. The summed E-state index contributed by atoms with van der Waals surface area (Å²) in [5, 5.41) is 2.66. The molecule has 0 unspecified atom stereocenters. The van der Waals surface area contributed by atoms with Crippen molar-refractivity contribution in [2.24, 2.45) is 0 Å². The fourth-order valence-corrected chi connectivity index (χ4v) is 3.09. The van der Waals surface area contributed by atoms with Gasteiger partial charge in [0.2, 0.25) is 5.91 Å². The van der Waals surface area contributed by atoms with Gasteiger partial charge in [-0.25, -0.2) is 8.78 Å². The molecule has 6 heteroatoms. The molecule has 1 saturated heterocycles. The zero-order valence-corrected chi connectivity index (χ0v) is 14.3. The van der Waals surface area contributed by atoms with Crippen LogP contribution in [-0.4, -0.2) is 36.2 Å². The lowest BCUT2D eigenvalue weighted by atomic mass is 10.0. The highest BCUT2D eigenvalue weighted by Crippen LogP contribution is 2.26. The van der Waals surface area contributed by atoms with Gasteiger partial charge < -0.3 is 10.2 Å². The maximum atomic E-state index is 14.3. The summed E-state index contributed by atoms with van der Waals surface area (Å²) in [6.45, 7) is 3.95. The van der Waals surface area contributed by atoms with Crippen LogP contribution in [0.15, 0.2) is 36.5 Å². The lowest BCUT2D eigenvalue weighted by Gasteiger charge is -2.36. The van der Waals surface area contributed by atoms with Crippen molar-refractivity contribution in [3.05, 3.63) is 47.9 Å². The Morgan fingerprint density at radius 2 is 2.12 bits per heavy atom. The number of hydrogen-bond acceptors (Lipinski definition) is 3. The molecule has 0 aliphatic carbocycles. The van der Waals surface area contributed by atoms with Gasteiger partial charge in [-0.15, -0.1) is 0 Å². The van der Waals surface area contributed by atoms with Crippen LogP contribution < -0.4 is 10.2 Å². The Labute approximate surface area is 145 Å². The molecule has 3 rings (SSSR count). The number of benzene rings is 1. The fourth-order valence-electron chi connectivity index (χ4n) is 3.09. The van der Waals surface area contributed by atoms with Crippen LogP contribution in [-0.2, 0) is 4.79 Å². The van der Waals surface area contributed by atoms with Gasteiger partial charge in [-0.05, 0) is 37.1 Å². The van der Waals surface area contributed by atoms with Crippen molar-refractivity contribution in [1.82, 2.24) is 10.3 Å². The predicted octanol–water partition coefficient (Wildman–Crippen LogP) is 3.25. The first-order chi connectivity index (χ1) is 11.9. The summed E-state index contributed by atoms with van der Waals surface area (Å²) in [5.74, 6) is -0.488. The number of aryl methyl sites for hydroxylation is 1. The Morgan fingerprint density at radius 3 is 2.80 bits per heavy atom. The molecule has 2 atom stereocenters. The number of alkyl halides is 1. The van der Waals surface area contributed by atoms with E-state index in [9.17, 15) is 13.6 Å². The minimum Gasteiger partial charge on any atom is -0.368 e. The molecule has 1 N–H and O–H groups in total. The molecule has 0 saturated carbocycles. The average Bonchev–Trinajstić information content (AvgIpc) is 2.59. The van der Waals surface area contributed by atoms with Gasteiger partial charge in [0.25, 0.3) is 0 Å². The Kier molecular flexibility index (Phi) is 4.97. The number of nitrogens with zero attached hydrogens (tertiary/aromatic N) is 2. The molecule has 0 spiro atoms. The second-order valence-electron chi connectivity index (χ2n) is 6.42. The van der Waals surface area contributed by atoms with Crippen molar-refractivity contribution in [2.75, 3.05) is 18.0 Å². The van der Waals surface area contributed by atoms with Crippen LogP contribution in [0, 0.1) is 12.7 Å². The number of halogens is 2. The number of piperidine rings is 1. The molecule has 0 bridgehead atoms. The fraction of sp³-hybridized carbons (Fsp3) is 0.368. The number of amides is 1. The van der Waals surface area contributed by atoms with Gasteiger partial charge in [-0.1, -0.05) is 12.1 Å². The van der Waals surface area contributed by atoms with Crippen LogP contribution in [0.3, 0.4) is 0 Å². The Morgan fingerprint density at radius 1 is 1.32 bits per heavy atom. The standard InChI is InChI=1S/C19H21F2N3O/c1-12-3-4-14(9-16(12)20)19-10-15(5-7-22-19)24-8-6-18(17(21)11-24)23-13(2)25/h3-5,7,9-10,17-18H,6,8,11H2,1-2H3,(H,23,25)/t17-,18-/m1/s1. The number of rotatable bonds is 3. The van der Waals surface area contributed by atoms with Crippen LogP contribution in [0.2, 0.25) is 0 Å². The van der Waals surface area contributed by atoms with Crippen LogP contribution >= 0.6 is 0 Å². The minimum atomic E-state index is -1.13. The summed E-state index contributed by atoms with van der Waals surface area (Å²) >= 11 is 0. The molecule has 1 fully saturated rings. The van der Waals surface area contributed by atoms with E-state index >= 15 is 0 Å². The first kappa shape index (κ1) is 17.3. The van der Waals surface area contributed by atoms with E-state index in [0.29, 0.717) is 29.8 Å². The molecule has 132 valence electrons. The number of hydrogen-bond donors (Lipinski definition) is 1. The normalized spacial score (nSPS) is 20.4. The second kappa shape index (κ2) is 7.17. The topological polar surface area (TPSA) is 45.2 Å². The molecule has 25 heavy (non-hydrogen) atoms. The zero-order chi connectivity index (χ0) is 18.0. The van der Waals surface area contributed by atoms with Crippen molar-refractivity contribution in [3.8, 4) is 11.3 Å². The summed E-state index contributed by atoms with van der Waals surface area (Å²) in [6.07, 6.45) is 1.05. The van der Waals surface area contributed by atoms with Crippen LogP contribution in [0.4, 0.5) is 14.5 Å². The summed E-state index contributed by atoms with van der Waals surface area (Å²) in [6, 6.07) is 8.22. The highest BCUT2D eigenvalue weighted by molar-refractivity contribution is 5.73. The van der Waals surface area contributed by atoms with E-state index < -0.39 is 12.2 Å². The third-order valence-electron chi connectivity index (χ3n) is 4.51. The van der Waals surface area contributed by atoms with Crippen LogP contribution in [0.5, 0.6) is 0 Å². The molecule has 1 aliphatic heterocycles. The summed E-state index contributed by atoms with van der Waals surface area (Å²) < 4.78 is 28.1. The van der Waals surface area contributed by atoms with E-state index in [1.165, 1.54) is 13.0 Å². The maximum Gasteiger partial charge on any atom is 0.217 e. The van der Waals surface area contributed by atoms with Gasteiger partial charge in [0.05, 0.1) is 18.3 Å². The number of anilines is 1. The molecule has 1 aromatic heterocycles. The van der Waals surface area contributed by atoms with Gasteiger partial charge in [0.1, 0.15) is 12.0 Å². The van der Waals surface area contributed by atoms with Crippen molar-refractivity contribution < 1.29 is 13.6 Å². The smallest absolute Gasteiger partial charge is 0.217 e. The third kappa shape index (κ3) is 3.95. The summed E-state index contributed by atoms with van der Waals surface area (Å²) in [4.78, 5) is 17.4. The highest BCUT2D eigenvalue weighted by atomic mass is 19.1. The van der Waals surface area contributed by atoms with Crippen molar-refractivity contribution >= 4 is 11.6 Å². The lowest BCUT2D eigenvalue weighted by molar-refractivity contribution is -0.120. The van der Waals surface area contributed by atoms with E-state index in [-0.39, 0.29) is 18.3 Å². The number of nitrogens with one attached hydrogen (secondary N) is 1. The van der Waals surface area contributed by atoms with Crippen molar-refractivity contribution in [1.29, 1.82) is 0 Å². The SMILES string of the molecule is CC(=O)N[C@@H]1CCN(c2ccnc(-c3ccc(C)c(F)c3)c2)C[C@H]1F.